The number of hydrogen-bond acceptors (Lipinski definition) is 3. The van der Waals surface area contributed by atoms with Gasteiger partial charge in [0, 0.05) is 12.2 Å². The summed E-state index contributed by atoms with van der Waals surface area (Å²) in [4.78, 5) is 26.2. The molecule has 1 fully saturated rings. The van der Waals surface area contributed by atoms with Crippen molar-refractivity contribution in [3.63, 3.8) is 0 Å². The van der Waals surface area contributed by atoms with E-state index >= 15 is 0 Å². The van der Waals surface area contributed by atoms with Crippen molar-refractivity contribution in [1.29, 1.82) is 0 Å². The van der Waals surface area contributed by atoms with E-state index < -0.39 is 11.6 Å². The molecule has 0 bridgehead atoms. The van der Waals surface area contributed by atoms with Gasteiger partial charge < -0.3 is 16.0 Å². The van der Waals surface area contributed by atoms with Gasteiger partial charge in [0.1, 0.15) is 6.04 Å². The minimum Gasteiger partial charge on any atom is -0.343 e. The fraction of sp³-hybridized carbons (Fsp3) is 0.500. The Morgan fingerprint density at radius 1 is 1.33 bits per heavy atom. The molecular formula is C16H23N3O2. The van der Waals surface area contributed by atoms with Crippen LogP contribution in [-0.4, -0.2) is 29.9 Å². The molecule has 0 saturated carbocycles. The Kier molecular flexibility index (Phi) is 4.32. The zero-order valence-corrected chi connectivity index (χ0v) is 12.8. The second-order valence-electron chi connectivity index (χ2n) is 6.22. The van der Waals surface area contributed by atoms with Crippen molar-refractivity contribution < 1.29 is 9.59 Å². The highest BCUT2D eigenvalue weighted by molar-refractivity contribution is 6.00. The fourth-order valence-corrected chi connectivity index (χ4v) is 2.33. The van der Waals surface area contributed by atoms with E-state index in [4.69, 9.17) is 5.73 Å². The highest BCUT2D eigenvalue weighted by Gasteiger charge is 2.33. The lowest BCUT2D eigenvalue weighted by Gasteiger charge is -2.34. The highest BCUT2D eigenvalue weighted by Crippen LogP contribution is 2.21. The summed E-state index contributed by atoms with van der Waals surface area (Å²) in [6, 6.07) is 7.34. The van der Waals surface area contributed by atoms with Crippen LogP contribution >= 0.6 is 0 Å². The fourth-order valence-electron chi connectivity index (χ4n) is 2.33. The van der Waals surface area contributed by atoms with E-state index in [2.05, 4.69) is 5.32 Å². The molecular weight excluding hydrogens is 266 g/mol. The highest BCUT2D eigenvalue weighted by atomic mass is 16.2. The Bertz CT molecular complexity index is 531. The monoisotopic (exact) mass is 289 g/mol. The Morgan fingerprint density at radius 2 is 1.95 bits per heavy atom. The molecule has 1 aromatic rings. The van der Waals surface area contributed by atoms with E-state index in [0.717, 1.165) is 17.7 Å². The van der Waals surface area contributed by atoms with Crippen molar-refractivity contribution in [3.8, 4) is 0 Å². The van der Waals surface area contributed by atoms with Gasteiger partial charge in [-0.15, -0.1) is 0 Å². The Balaban J connectivity index is 2.11. The van der Waals surface area contributed by atoms with Crippen LogP contribution in [0, 0.1) is 6.92 Å². The Hall–Kier alpha value is -1.88. The number of nitrogens with two attached hydrogens (primary N) is 1. The number of carbonyl (C=O) groups is 2. The van der Waals surface area contributed by atoms with Crippen molar-refractivity contribution in [2.45, 2.75) is 45.2 Å². The molecule has 1 aromatic carbocycles. The molecule has 5 nitrogen and oxygen atoms in total. The molecule has 1 heterocycles. The smallest absolute Gasteiger partial charge is 0.249 e. The van der Waals surface area contributed by atoms with Crippen LogP contribution in [0.4, 0.5) is 5.69 Å². The number of benzene rings is 1. The minimum absolute atomic E-state index is 0.0669. The normalized spacial score (nSPS) is 19.5. The van der Waals surface area contributed by atoms with Gasteiger partial charge in [-0.05, 0) is 45.7 Å². The molecule has 0 aromatic heterocycles. The van der Waals surface area contributed by atoms with Gasteiger partial charge in [0.05, 0.1) is 5.54 Å². The van der Waals surface area contributed by atoms with Crippen LogP contribution in [-0.2, 0) is 9.59 Å². The standard InChI is InChI=1S/C16H23N3O2/c1-11-6-8-12(9-7-11)19-10-4-5-13(14(19)20)18-15(21)16(2,3)17/h6-9,13H,4-5,10,17H2,1-3H3,(H,18,21). The zero-order valence-electron chi connectivity index (χ0n) is 12.8. The average Bonchev–Trinajstić information content (AvgIpc) is 2.41. The van der Waals surface area contributed by atoms with Gasteiger partial charge in [0.15, 0.2) is 0 Å². The predicted octanol–water partition coefficient (Wildman–Crippen LogP) is 1.34. The van der Waals surface area contributed by atoms with Crippen molar-refractivity contribution in [2.24, 2.45) is 5.73 Å². The van der Waals surface area contributed by atoms with E-state index in [0.29, 0.717) is 13.0 Å². The molecule has 1 aliphatic rings. The van der Waals surface area contributed by atoms with Gasteiger partial charge in [-0.1, -0.05) is 17.7 Å². The number of nitrogens with zero attached hydrogens (tertiary/aromatic N) is 1. The van der Waals surface area contributed by atoms with Crippen LogP contribution in [0.15, 0.2) is 24.3 Å². The van der Waals surface area contributed by atoms with Crippen molar-refractivity contribution in [1.82, 2.24) is 5.32 Å². The summed E-state index contributed by atoms with van der Waals surface area (Å²) in [7, 11) is 0. The third kappa shape index (κ3) is 3.61. The predicted molar refractivity (Wildman–Crippen MR) is 83.0 cm³/mol. The molecule has 1 unspecified atom stereocenters. The van der Waals surface area contributed by atoms with Gasteiger partial charge in [-0.2, -0.15) is 0 Å². The molecule has 2 amide bonds. The van der Waals surface area contributed by atoms with Crippen LogP contribution < -0.4 is 16.0 Å². The van der Waals surface area contributed by atoms with Crippen LogP contribution in [0.5, 0.6) is 0 Å². The van der Waals surface area contributed by atoms with Crippen molar-refractivity contribution in [3.05, 3.63) is 29.8 Å². The second-order valence-corrected chi connectivity index (χ2v) is 6.22. The number of piperidine rings is 1. The summed E-state index contributed by atoms with van der Waals surface area (Å²) in [6.45, 7) is 5.95. The van der Waals surface area contributed by atoms with Crippen molar-refractivity contribution >= 4 is 17.5 Å². The van der Waals surface area contributed by atoms with E-state index in [-0.39, 0.29) is 11.8 Å². The number of anilines is 1. The summed E-state index contributed by atoms with van der Waals surface area (Å²) >= 11 is 0. The lowest BCUT2D eigenvalue weighted by molar-refractivity contribution is -0.130. The third-order valence-corrected chi connectivity index (χ3v) is 3.67. The average molecular weight is 289 g/mol. The molecule has 1 aliphatic heterocycles. The van der Waals surface area contributed by atoms with E-state index in [1.54, 1.807) is 18.7 Å². The van der Waals surface area contributed by atoms with E-state index in [1.807, 2.05) is 31.2 Å². The van der Waals surface area contributed by atoms with Gasteiger partial charge in [-0.25, -0.2) is 0 Å². The SMILES string of the molecule is Cc1ccc(N2CCCC(NC(=O)C(C)(C)N)C2=O)cc1. The third-order valence-electron chi connectivity index (χ3n) is 3.67. The number of hydrogen-bond donors (Lipinski definition) is 2. The number of amides is 2. The van der Waals surface area contributed by atoms with Gasteiger partial charge in [0.25, 0.3) is 0 Å². The molecule has 5 heteroatoms. The summed E-state index contributed by atoms with van der Waals surface area (Å²) in [5.41, 5.74) is 6.81. The molecule has 114 valence electrons. The molecule has 21 heavy (non-hydrogen) atoms. The largest absolute Gasteiger partial charge is 0.343 e. The van der Waals surface area contributed by atoms with Crippen LogP contribution in [0.25, 0.3) is 0 Å². The molecule has 2 rings (SSSR count). The number of rotatable bonds is 3. The molecule has 3 N–H and O–H groups in total. The summed E-state index contributed by atoms with van der Waals surface area (Å²) in [6.07, 6.45) is 1.51. The Labute approximate surface area is 125 Å². The van der Waals surface area contributed by atoms with Gasteiger partial charge in [0.2, 0.25) is 11.8 Å². The number of nitrogens with one attached hydrogen (secondary N) is 1. The topological polar surface area (TPSA) is 75.4 Å². The number of aryl methyl sites for hydroxylation is 1. The second kappa shape index (κ2) is 5.85. The summed E-state index contributed by atoms with van der Waals surface area (Å²) < 4.78 is 0. The first kappa shape index (κ1) is 15.5. The van der Waals surface area contributed by atoms with Crippen LogP contribution in [0.3, 0.4) is 0 Å². The van der Waals surface area contributed by atoms with Crippen LogP contribution in [0.2, 0.25) is 0 Å². The summed E-state index contributed by atoms with van der Waals surface area (Å²) in [5.74, 6) is -0.366. The maximum absolute atomic E-state index is 12.5. The quantitative estimate of drug-likeness (QED) is 0.882. The zero-order chi connectivity index (χ0) is 15.6. The van der Waals surface area contributed by atoms with Crippen LogP contribution in [0.1, 0.15) is 32.3 Å². The first-order valence-corrected chi connectivity index (χ1v) is 7.27. The van der Waals surface area contributed by atoms with E-state index in [9.17, 15) is 9.59 Å². The van der Waals surface area contributed by atoms with E-state index in [1.165, 1.54) is 0 Å². The minimum atomic E-state index is -0.980. The molecule has 1 saturated heterocycles. The molecule has 1 atom stereocenters. The molecule has 0 radical (unpaired) electrons. The van der Waals surface area contributed by atoms with Crippen molar-refractivity contribution in [2.75, 3.05) is 11.4 Å². The van der Waals surface area contributed by atoms with Gasteiger partial charge >= 0.3 is 0 Å². The lowest BCUT2D eigenvalue weighted by Crippen LogP contribution is -2.58. The number of carbonyl (C=O) groups excluding carboxylic acids is 2. The molecule has 0 aliphatic carbocycles. The lowest BCUT2D eigenvalue weighted by atomic mass is 10.0. The Morgan fingerprint density at radius 3 is 2.52 bits per heavy atom. The maximum Gasteiger partial charge on any atom is 0.249 e. The molecule has 0 spiro atoms. The first-order chi connectivity index (χ1) is 9.79. The summed E-state index contributed by atoms with van der Waals surface area (Å²) in [5, 5.41) is 2.76. The van der Waals surface area contributed by atoms with Gasteiger partial charge in [-0.3, -0.25) is 9.59 Å². The first-order valence-electron chi connectivity index (χ1n) is 7.27. The maximum atomic E-state index is 12.5.